The molecule has 0 saturated heterocycles. The summed E-state index contributed by atoms with van der Waals surface area (Å²) in [6, 6.07) is 0. The van der Waals surface area contributed by atoms with Gasteiger partial charge in [0.15, 0.2) is 0 Å². The lowest BCUT2D eigenvalue weighted by Crippen LogP contribution is -2.20. The smallest absolute Gasteiger partial charge is 0.259 e. The number of aryl methyl sites for hydroxylation is 1. The van der Waals surface area contributed by atoms with Crippen molar-refractivity contribution >= 4 is 19.7 Å². The van der Waals surface area contributed by atoms with Crippen molar-refractivity contribution in [1.29, 1.82) is 0 Å². The summed E-state index contributed by atoms with van der Waals surface area (Å²) in [6.45, 7) is 1.83. The van der Waals surface area contributed by atoms with E-state index < -0.39 is 21.8 Å². The number of rotatable bonds is 4. The zero-order chi connectivity index (χ0) is 14.1. The van der Waals surface area contributed by atoms with Crippen LogP contribution in [0, 0.1) is 0 Å². The van der Waals surface area contributed by atoms with Crippen molar-refractivity contribution in [2.45, 2.75) is 44.3 Å². The Morgan fingerprint density at radius 1 is 1.28 bits per heavy atom. The van der Waals surface area contributed by atoms with Gasteiger partial charge in [-0.05, 0) is 12.8 Å². The Hall–Kier alpha value is -0.760. The largest absolute Gasteiger partial charge is 0.408 e. The third kappa shape index (κ3) is 3.38. The van der Waals surface area contributed by atoms with Crippen molar-refractivity contribution in [2.75, 3.05) is 0 Å². The maximum Gasteiger partial charge on any atom is 0.408 e. The van der Waals surface area contributed by atoms with E-state index in [0.717, 1.165) is 0 Å². The van der Waals surface area contributed by atoms with Crippen LogP contribution in [0.2, 0.25) is 0 Å². The predicted molar refractivity (Wildman–Crippen MR) is 60.1 cm³/mol. The van der Waals surface area contributed by atoms with E-state index in [1.807, 2.05) is 0 Å². The van der Waals surface area contributed by atoms with Crippen LogP contribution < -0.4 is 0 Å². The number of halogens is 4. The summed E-state index contributed by atoms with van der Waals surface area (Å²) in [5, 5.41) is 3.68. The monoisotopic (exact) mass is 304 g/mol. The maximum atomic E-state index is 12.4. The summed E-state index contributed by atoms with van der Waals surface area (Å²) < 4.78 is 60.5. The maximum absolute atomic E-state index is 12.4. The molecule has 4 nitrogen and oxygen atoms in total. The molecule has 104 valence electrons. The van der Waals surface area contributed by atoms with Crippen LogP contribution in [0.4, 0.5) is 13.2 Å². The van der Waals surface area contributed by atoms with Crippen molar-refractivity contribution in [3.8, 4) is 0 Å². The highest BCUT2D eigenvalue weighted by atomic mass is 35.7. The standard InChI is InChI=1S/C9H12ClF3N2O2S/c1-3-6-8(18(10,16)17)7(4-2)15(14-6)5-9(11,12)13/h3-5H2,1-2H3. The van der Waals surface area contributed by atoms with E-state index in [2.05, 4.69) is 5.10 Å². The summed E-state index contributed by atoms with van der Waals surface area (Å²) in [5.41, 5.74) is 0.0466. The summed E-state index contributed by atoms with van der Waals surface area (Å²) in [5.74, 6) is 0. The molecule has 1 aromatic heterocycles. The van der Waals surface area contributed by atoms with Gasteiger partial charge in [-0.25, -0.2) is 8.42 Å². The molecule has 0 aliphatic heterocycles. The Balaban J connectivity index is 3.44. The van der Waals surface area contributed by atoms with Crippen molar-refractivity contribution in [3.63, 3.8) is 0 Å². The van der Waals surface area contributed by atoms with E-state index in [4.69, 9.17) is 10.7 Å². The van der Waals surface area contributed by atoms with Crippen LogP contribution in [-0.2, 0) is 28.4 Å². The van der Waals surface area contributed by atoms with Crippen LogP contribution in [0.15, 0.2) is 4.90 Å². The van der Waals surface area contributed by atoms with Gasteiger partial charge >= 0.3 is 6.18 Å². The minimum atomic E-state index is -4.46. The Labute approximate surface area is 107 Å². The Morgan fingerprint density at radius 3 is 2.17 bits per heavy atom. The van der Waals surface area contributed by atoms with Crippen LogP contribution in [-0.4, -0.2) is 24.4 Å². The van der Waals surface area contributed by atoms with Crippen LogP contribution in [0.5, 0.6) is 0 Å². The molecule has 1 aromatic rings. The molecule has 0 aromatic carbocycles. The molecule has 0 atom stereocenters. The highest BCUT2D eigenvalue weighted by Crippen LogP contribution is 2.27. The molecule has 0 fully saturated rings. The Bertz CT molecular complexity index is 537. The second-order valence-electron chi connectivity index (χ2n) is 3.64. The van der Waals surface area contributed by atoms with E-state index in [1.165, 1.54) is 0 Å². The molecule has 0 unspecified atom stereocenters. The number of hydrogen-bond acceptors (Lipinski definition) is 3. The molecule has 0 radical (unpaired) electrons. The minimum Gasteiger partial charge on any atom is -0.259 e. The molecule has 1 rings (SSSR count). The SMILES string of the molecule is CCc1nn(CC(F)(F)F)c(CC)c1S(=O)(=O)Cl. The molecule has 1 heterocycles. The lowest BCUT2D eigenvalue weighted by atomic mass is 10.2. The summed E-state index contributed by atoms with van der Waals surface area (Å²) in [4.78, 5) is -0.293. The number of aromatic nitrogens is 2. The zero-order valence-corrected chi connectivity index (χ0v) is 11.3. The van der Waals surface area contributed by atoms with E-state index >= 15 is 0 Å². The van der Waals surface area contributed by atoms with Gasteiger partial charge < -0.3 is 0 Å². The highest BCUT2D eigenvalue weighted by molar-refractivity contribution is 8.13. The fourth-order valence-electron chi connectivity index (χ4n) is 1.69. The second kappa shape index (κ2) is 5.08. The Kier molecular flexibility index (Phi) is 4.32. The van der Waals surface area contributed by atoms with Crippen LogP contribution in [0.1, 0.15) is 25.2 Å². The quantitative estimate of drug-likeness (QED) is 0.803. The molecule has 18 heavy (non-hydrogen) atoms. The van der Waals surface area contributed by atoms with Crippen molar-refractivity contribution in [2.24, 2.45) is 0 Å². The van der Waals surface area contributed by atoms with Gasteiger partial charge in [-0.3, -0.25) is 4.68 Å². The number of hydrogen-bond donors (Lipinski definition) is 0. The summed E-state index contributed by atoms with van der Waals surface area (Å²) in [6.07, 6.45) is -4.17. The molecular formula is C9H12ClF3N2O2S. The summed E-state index contributed by atoms with van der Waals surface area (Å²) >= 11 is 0. The third-order valence-corrected chi connectivity index (χ3v) is 3.74. The molecule has 0 amide bonds. The van der Waals surface area contributed by atoms with Gasteiger partial charge in [0.25, 0.3) is 9.05 Å². The fraction of sp³-hybridized carbons (Fsp3) is 0.667. The molecule has 0 spiro atoms. The molecule has 0 bridgehead atoms. The van der Waals surface area contributed by atoms with Gasteiger partial charge in [-0.2, -0.15) is 18.3 Å². The topological polar surface area (TPSA) is 52.0 Å². The first-order chi connectivity index (χ1) is 8.10. The van der Waals surface area contributed by atoms with E-state index in [-0.39, 0.29) is 29.1 Å². The fourth-order valence-corrected chi connectivity index (χ4v) is 3.22. The first kappa shape index (κ1) is 15.3. The first-order valence-electron chi connectivity index (χ1n) is 5.20. The average molecular weight is 305 g/mol. The lowest BCUT2D eigenvalue weighted by Gasteiger charge is -2.09. The lowest BCUT2D eigenvalue weighted by molar-refractivity contribution is -0.143. The number of nitrogens with zero attached hydrogens (tertiary/aromatic N) is 2. The minimum absolute atomic E-state index is 0.0147. The van der Waals surface area contributed by atoms with E-state index in [9.17, 15) is 21.6 Å². The van der Waals surface area contributed by atoms with Crippen molar-refractivity contribution in [3.05, 3.63) is 11.4 Å². The molecule has 0 aliphatic carbocycles. The molecule has 0 N–H and O–H groups in total. The zero-order valence-electron chi connectivity index (χ0n) is 9.75. The first-order valence-corrected chi connectivity index (χ1v) is 7.51. The summed E-state index contributed by atoms with van der Waals surface area (Å²) in [7, 11) is 1.15. The predicted octanol–water partition coefficient (Wildman–Crippen LogP) is 2.50. The van der Waals surface area contributed by atoms with Crippen molar-refractivity contribution < 1.29 is 21.6 Å². The van der Waals surface area contributed by atoms with Gasteiger partial charge in [-0.1, -0.05) is 13.8 Å². The molecule has 0 saturated carbocycles. The third-order valence-electron chi connectivity index (χ3n) is 2.32. The van der Waals surface area contributed by atoms with Crippen LogP contribution in [0.25, 0.3) is 0 Å². The molecule has 9 heteroatoms. The van der Waals surface area contributed by atoms with E-state index in [0.29, 0.717) is 4.68 Å². The Morgan fingerprint density at radius 2 is 1.83 bits per heavy atom. The van der Waals surface area contributed by atoms with Gasteiger partial charge in [-0.15, -0.1) is 0 Å². The highest BCUT2D eigenvalue weighted by Gasteiger charge is 2.33. The van der Waals surface area contributed by atoms with Gasteiger partial charge in [0, 0.05) is 10.7 Å². The van der Waals surface area contributed by atoms with Crippen molar-refractivity contribution in [1.82, 2.24) is 9.78 Å². The van der Waals surface area contributed by atoms with E-state index in [1.54, 1.807) is 13.8 Å². The van der Waals surface area contributed by atoms with Crippen LogP contribution in [0.3, 0.4) is 0 Å². The molecular weight excluding hydrogens is 293 g/mol. The molecule has 0 aliphatic rings. The number of alkyl halides is 3. The van der Waals surface area contributed by atoms with Gasteiger partial charge in [0.05, 0.1) is 11.4 Å². The second-order valence-corrected chi connectivity index (χ2v) is 6.14. The van der Waals surface area contributed by atoms with Crippen LogP contribution >= 0.6 is 10.7 Å². The average Bonchev–Trinajstić information content (AvgIpc) is 2.52. The van der Waals surface area contributed by atoms with Gasteiger partial charge in [0.1, 0.15) is 11.4 Å². The van der Waals surface area contributed by atoms with Gasteiger partial charge in [0.2, 0.25) is 0 Å². The normalized spacial score (nSPS) is 13.0.